The zero-order valence-corrected chi connectivity index (χ0v) is 12.0. The van der Waals surface area contributed by atoms with Crippen molar-refractivity contribution < 1.29 is 4.79 Å². The number of anilines is 1. The predicted octanol–water partition coefficient (Wildman–Crippen LogP) is 1.51. The molecular formula is C13H14N4O2S. The van der Waals surface area contributed by atoms with Crippen molar-refractivity contribution >= 4 is 23.4 Å². The highest BCUT2D eigenvalue weighted by molar-refractivity contribution is 7.99. The SMILES string of the molecule is Cc1cccc(C)c1NC(=O)CSc1nncc(=O)[nH]1. The topological polar surface area (TPSA) is 87.7 Å². The fourth-order valence-corrected chi connectivity index (χ4v) is 2.30. The van der Waals surface area contributed by atoms with Gasteiger partial charge in [0.2, 0.25) is 5.91 Å². The molecule has 0 aliphatic heterocycles. The van der Waals surface area contributed by atoms with E-state index in [1.165, 1.54) is 0 Å². The van der Waals surface area contributed by atoms with Crippen LogP contribution in [-0.2, 0) is 4.79 Å². The lowest BCUT2D eigenvalue weighted by molar-refractivity contribution is -0.113. The molecule has 2 N–H and O–H groups in total. The molecule has 0 atom stereocenters. The van der Waals surface area contributed by atoms with Gasteiger partial charge in [0.1, 0.15) is 6.20 Å². The monoisotopic (exact) mass is 290 g/mol. The second kappa shape index (κ2) is 6.33. The van der Waals surface area contributed by atoms with Crippen molar-refractivity contribution in [1.82, 2.24) is 15.2 Å². The average molecular weight is 290 g/mol. The summed E-state index contributed by atoms with van der Waals surface area (Å²) in [5.74, 6) is 0.00137. The highest BCUT2D eigenvalue weighted by atomic mass is 32.2. The highest BCUT2D eigenvalue weighted by Gasteiger charge is 2.08. The van der Waals surface area contributed by atoms with Gasteiger partial charge < -0.3 is 5.32 Å². The van der Waals surface area contributed by atoms with Gasteiger partial charge in [-0.15, -0.1) is 5.10 Å². The number of H-pyrrole nitrogens is 1. The molecule has 2 aromatic rings. The maximum Gasteiger partial charge on any atom is 0.270 e. The van der Waals surface area contributed by atoms with Crippen molar-refractivity contribution in [2.75, 3.05) is 11.1 Å². The molecule has 0 saturated heterocycles. The number of thioether (sulfide) groups is 1. The lowest BCUT2D eigenvalue weighted by Crippen LogP contribution is -2.17. The van der Waals surface area contributed by atoms with E-state index >= 15 is 0 Å². The van der Waals surface area contributed by atoms with Gasteiger partial charge >= 0.3 is 0 Å². The molecule has 1 heterocycles. The van der Waals surface area contributed by atoms with Gasteiger partial charge in [0.25, 0.3) is 5.56 Å². The number of nitrogens with zero attached hydrogens (tertiary/aromatic N) is 2. The van der Waals surface area contributed by atoms with Crippen molar-refractivity contribution in [3.63, 3.8) is 0 Å². The first-order valence-electron chi connectivity index (χ1n) is 5.97. The third-order valence-corrected chi connectivity index (χ3v) is 3.50. The third-order valence-electron chi connectivity index (χ3n) is 2.64. The Morgan fingerprint density at radius 2 is 2.05 bits per heavy atom. The van der Waals surface area contributed by atoms with E-state index in [-0.39, 0.29) is 17.2 Å². The van der Waals surface area contributed by atoms with Crippen molar-refractivity contribution in [2.45, 2.75) is 19.0 Å². The Labute approximate surface area is 120 Å². The molecule has 0 bridgehead atoms. The number of carbonyl (C=O) groups excluding carboxylic acids is 1. The predicted molar refractivity (Wildman–Crippen MR) is 77.9 cm³/mol. The van der Waals surface area contributed by atoms with Crippen molar-refractivity contribution in [3.05, 3.63) is 45.9 Å². The summed E-state index contributed by atoms with van der Waals surface area (Å²) in [6.45, 7) is 3.88. The zero-order chi connectivity index (χ0) is 14.5. The molecule has 0 aliphatic carbocycles. The van der Waals surface area contributed by atoms with E-state index in [0.29, 0.717) is 5.16 Å². The van der Waals surface area contributed by atoms with E-state index in [1.54, 1.807) is 0 Å². The maximum atomic E-state index is 11.9. The summed E-state index contributed by atoms with van der Waals surface area (Å²) in [6.07, 6.45) is 1.08. The molecule has 7 heteroatoms. The average Bonchev–Trinajstić information content (AvgIpc) is 2.41. The zero-order valence-electron chi connectivity index (χ0n) is 11.1. The molecule has 0 fully saturated rings. The molecule has 0 aliphatic rings. The molecule has 1 aromatic heterocycles. The molecule has 104 valence electrons. The van der Waals surface area contributed by atoms with Gasteiger partial charge in [-0.25, -0.2) is 0 Å². The van der Waals surface area contributed by atoms with Crippen LogP contribution < -0.4 is 10.9 Å². The number of aromatic amines is 1. The van der Waals surface area contributed by atoms with Crippen molar-refractivity contribution in [2.24, 2.45) is 0 Å². The quantitative estimate of drug-likeness (QED) is 0.833. The number of rotatable bonds is 4. The van der Waals surface area contributed by atoms with Crippen LogP contribution in [-0.4, -0.2) is 26.8 Å². The number of nitrogens with one attached hydrogen (secondary N) is 2. The largest absolute Gasteiger partial charge is 0.325 e. The number of amides is 1. The van der Waals surface area contributed by atoms with Gasteiger partial charge in [-0.05, 0) is 25.0 Å². The van der Waals surface area contributed by atoms with Crippen molar-refractivity contribution in [1.29, 1.82) is 0 Å². The van der Waals surface area contributed by atoms with Crippen molar-refractivity contribution in [3.8, 4) is 0 Å². The number of benzene rings is 1. The summed E-state index contributed by atoms with van der Waals surface area (Å²) in [5, 5.41) is 10.5. The molecule has 0 unspecified atom stereocenters. The van der Waals surface area contributed by atoms with E-state index in [2.05, 4.69) is 20.5 Å². The summed E-state index contributed by atoms with van der Waals surface area (Å²) in [7, 11) is 0. The van der Waals surface area contributed by atoms with E-state index < -0.39 is 0 Å². The van der Waals surface area contributed by atoms with E-state index in [1.807, 2.05) is 32.0 Å². The Bertz CT molecular complexity index is 664. The highest BCUT2D eigenvalue weighted by Crippen LogP contribution is 2.20. The van der Waals surface area contributed by atoms with Crippen LogP contribution in [0.3, 0.4) is 0 Å². The Hall–Kier alpha value is -2.15. The Balaban J connectivity index is 1.98. The molecule has 1 amide bonds. The Morgan fingerprint density at radius 1 is 1.35 bits per heavy atom. The number of hydrogen-bond acceptors (Lipinski definition) is 5. The Kier molecular flexibility index (Phi) is 4.52. The Morgan fingerprint density at radius 3 is 2.70 bits per heavy atom. The lowest BCUT2D eigenvalue weighted by Gasteiger charge is -2.10. The van der Waals surface area contributed by atoms with Gasteiger partial charge in [-0.1, -0.05) is 30.0 Å². The van der Waals surface area contributed by atoms with Crippen LogP contribution in [0.5, 0.6) is 0 Å². The number of para-hydroxylation sites is 1. The minimum atomic E-state index is -0.336. The van der Waals surface area contributed by atoms with Crippen LogP contribution in [0.15, 0.2) is 34.3 Å². The van der Waals surface area contributed by atoms with Crippen LogP contribution in [0, 0.1) is 13.8 Å². The van der Waals surface area contributed by atoms with Gasteiger partial charge in [0, 0.05) is 5.69 Å². The molecular weight excluding hydrogens is 276 g/mol. The summed E-state index contributed by atoms with van der Waals surface area (Å²) in [6, 6.07) is 5.82. The maximum absolute atomic E-state index is 11.9. The first-order chi connectivity index (χ1) is 9.56. The molecule has 2 rings (SSSR count). The van der Waals surface area contributed by atoms with Crippen LogP contribution in [0.2, 0.25) is 0 Å². The first kappa shape index (κ1) is 14.3. The minimum Gasteiger partial charge on any atom is -0.325 e. The van der Waals surface area contributed by atoms with Gasteiger partial charge in [-0.2, -0.15) is 5.10 Å². The fourth-order valence-electron chi connectivity index (χ4n) is 1.68. The summed E-state index contributed by atoms with van der Waals surface area (Å²) in [4.78, 5) is 25.4. The molecule has 0 saturated carbocycles. The van der Waals surface area contributed by atoms with Crippen LogP contribution in [0.4, 0.5) is 5.69 Å². The second-order valence-electron chi connectivity index (χ2n) is 4.24. The van der Waals surface area contributed by atoms with Crippen LogP contribution in [0.1, 0.15) is 11.1 Å². The molecule has 6 nitrogen and oxygen atoms in total. The molecule has 0 spiro atoms. The standard InChI is InChI=1S/C13H14N4O2S/c1-8-4-3-5-9(2)12(8)15-11(19)7-20-13-16-10(18)6-14-17-13/h3-6H,7H2,1-2H3,(H,15,19)(H,16,17,18). The smallest absolute Gasteiger partial charge is 0.270 e. The first-order valence-corrected chi connectivity index (χ1v) is 6.95. The van der Waals surface area contributed by atoms with Crippen LogP contribution >= 0.6 is 11.8 Å². The molecule has 0 radical (unpaired) electrons. The van der Waals surface area contributed by atoms with E-state index in [0.717, 1.165) is 34.8 Å². The lowest BCUT2D eigenvalue weighted by atomic mass is 10.1. The van der Waals surface area contributed by atoms with Crippen LogP contribution in [0.25, 0.3) is 0 Å². The summed E-state index contributed by atoms with van der Waals surface area (Å²) in [5.41, 5.74) is 2.51. The normalized spacial score (nSPS) is 10.3. The summed E-state index contributed by atoms with van der Waals surface area (Å²) < 4.78 is 0. The molecule has 20 heavy (non-hydrogen) atoms. The number of carbonyl (C=O) groups is 1. The summed E-state index contributed by atoms with van der Waals surface area (Å²) >= 11 is 1.13. The van der Waals surface area contributed by atoms with E-state index in [4.69, 9.17) is 0 Å². The van der Waals surface area contributed by atoms with Gasteiger partial charge in [0.15, 0.2) is 5.16 Å². The molecule has 1 aromatic carbocycles. The third kappa shape index (κ3) is 3.67. The van der Waals surface area contributed by atoms with Gasteiger partial charge in [0.05, 0.1) is 5.75 Å². The van der Waals surface area contributed by atoms with Gasteiger partial charge in [-0.3, -0.25) is 14.6 Å². The number of aryl methyl sites for hydroxylation is 2. The second-order valence-corrected chi connectivity index (χ2v) is 5.21. The number of aromatic nitrogens is 3. The minimum absolute atomic E-state index is 0.154. The fraction of sp³-hybridized carbons (Fsp3) is 0.231. The van der Waals surface area contributed by atoms with E-state index in [9.17, 15) is 9.59 Å². The number of hydrogen-bond donors (Lipinski definition) is 2.